The topological polar surface area (TPSA) is 149 Å². The van der Waals surface area contributed by atoms with Crippen molar-refractivity contribution in [3.05, 3.63) is 72.9 Å². The molecule has 0 aliphatic rings. The zero-order valence-corrected chi connectivity index (χ0v) is 39.3. The standard InChI is InChI=1S/C50H87O10P/c1-3-5-7-9-11-13-15-17-19-21-22-23-24-26-28-30-32-34-36-38-40-42-50(54)60-48(46-59-61(55,56)58-44-47(52)43-51)45-57-49(53)41-39-37-35-33-31-29-27-25-20-18-16-14-12-10-8-6-4-2/h6,8,12,14,17-20,27,29,33,35,47-48,51-52H,3-5,7,9-11,13,15-16,21-26,28,30-32,34,36-46H2,1-2H3,(H,55,56)/b8-6+,14-12+,19-17+,20-18+,29-27+,35-33+/t47-,48+/m0/s1. The molecule has 0 aromatic carbocycles. The Morgan fingerprint density at radius 2 is 0.918 bits per heavy atom. The summed E-state index contributed by atoms with van der Waals surface area (Å²) in [5, 5.41) is 18.4. The minimum absolute atomic E-state index is 0.160. The summed E-state index contributed by atoms with van der Waals surface area (Å²) in [5.74, 6) is -0.995. The van der Waals surface area contributed by atoms with E-state index in [1.54, 1.807) is 0 Å². The molecule has 3 atom stereocenters. The average molecular weight is 879 g/mol. The Labute approximate surface area is 371 Å². The van der Waals surface area contributed by atoms with Crippen molar-refractivity contribution in [2.24, 2.45) is 0 Å². The van der Waals surface area contributed by atoms with Crippen molar-refractivity contribution in [1.82, 2.24) is 0 Å². The highest BCUT2D eigenvalue weighted by Gasteiger charge is 2.27. The van der Waals surface area contributed by atoms with E-state index in [9.17, 15) is 24.2 Å². The molecule has 0 rings (SSSR count). The summed E-state index contributed by atoms with van der Waals surface area (Å²) in [6, 6.07) is 0. The van der Waals surface area contributed by atoms with Gasteiger partial charge in [0.1, 0.15) is 12.7 Å². The molecule has 10 nitrogen and oxygen atoms in total. The van der Waals surface area contributed by atoms with Gasteiger partial charge in [-0.2, -0.15) is 0 Å². The number of rotatable bonds is 44. The number of phosphoric acid groups is 1. The molecule has 61 heavy (non-hydrogen) atoms. The Hall–Kier alpha value is -2.59. The molecule has 3 N–H and O–H groups in total. The second-order valence-electron chi connectivity index (χ2n) is 15.7. The van der Waals surface area contributed by atoms with Gasteiger partial charge < -0.3 is 24.6 Å². The fraction of sp³-hybridized carbons (Fsp3) is 0.720. The molecular formula is C50H87O10P. The number of allylic oxidation sites excluding steroid dienone is 12. The third-order valence-corrected chi connectivity index (χ3v) is 10.8. The molecule has 0 heterocycles. The van der Waals surface area contributed by atoms with Gasteiger partial charge in [0.05, 0.1) is 19.8 Å². The average Bonchev–Trinajstić information content (AvgIpc) is 3.25. The maximum Gasteiger partial charge on any atom is 0.472 e. The third-order valence-electron chi connectivity index (χ3n) is 9.84. The molecule has 0 radical (unpaired) electrons. The summed E-state index contributed by atoms with van der Waals surface area (Å²) in [6.07, 6.45) is 53.0. The number of hydrogen-bond acceptors (Lipinski definition) is 9. The minimum Gasteiger partial charge on any atom is -0.462 e. The van der Waals surface area contributed by atoms with Crippen molar-refractivity contribution < 1.29 is 47.8 Å². The van der Waals surface area contributed by atoms with Crippen LogP contribution in [0.15, 0.2) is 72.9 Å². The van der Waals surface area contributed by atoms with Crippen LogP contribution < -0.4 is 0 Å². The Morgan fingerprint density at radius 3 is 1.43 bits per heavy atom. The summed E-state index contributed by atoms with van der Waals surface area (Å²) in [4.78, 5) is 35.1. The molecule has 0 spiro atoms. The fourth-order valence-electron chi connectivity index (χ4n) is 6.20. The van der Waals surface area contributed by atoms with Crippen molar-refractivity contribution in [3.8, 4) is 0 Å². The lowest BCUT2D eigenvalue weighted by Crippen LogP contribution is -2.29. The molecule has 0 saturated carbocycles. The van der Waals surface area contributed by atoms with Gasteiger partial charge >= 0.3 is 19.8 Å². The largest absolute Gasteiger partial charge is 0.472 e. The predicted octanol–water partition coefficient (Wildman–Crippen LogP) is 13.2. The first-order valence-electron chi connectivity index (χ1n) is 23.9. The summed E-state index contributed by atoms with van der Waals surface area (Å²) >= 11 is 0. The Morgan fingerprint density at radius 1 is 0.508 bits per heavy atom. The lowest BCUT2D eigenvalue weighted by Gasteiger charge is -2.20. The number of hydrogen-bond donors (Lipinski definition) is 3. The quantitative estimate of drug-likeness (QED) is 0.0234. The first-order chi connectivity index (χ1) is 29.7. The fourth-order valence-corrected chi connectivity index (χ4v) is 6.99. The number of ether oxygens (including phenoxy) is 2. The van der Waals surface area contributed by atoms with Crippen molar-refractivity contribution in [2.45, 2.75) is 206 Å². The highest BCUT2D eigenvalue weighted by molar-refractivity contribution is 7.47. The van der Waals surface area contributed by atoms with Crippen LogP contribution in [0, 0.1) is 0 Å². The zero-order valence-electron chi connectivity index (χ0n) is 38.4. The van der Waals surface area contributed by atoms with Crippen LogP contribution in [-0.4, -0.2) is 65.7 Å². The van der Waals surface area contributed by atoms with Crippen molar-refractivity contribution >= 4 is 19.8 Å². The van der Waals surface area contributed by atoms with Gasteiger partial charge in [0.2, 0.25) is 0 Å². The van der Waals surface area contributed by atoms with Crippen LogP contribution in [-0.2, 0) is 32.7 Å². The molecule has 352 valence electrons. The van der Waals surface area contributed by atoms with Crippen LogP contribution >= 0.6 is 7.82 Å². The van der Waals surface area contributed by atoms with E-state index in [0.29, 0.717) is 19.3 Å². The molecule has 0 aromatic rings. The Balaban J connectivity index is 4.30. The molecular weight excluding hydrogens is 792 g/mol. The second-order valence-corrected chi connectivity index (χ2v) is 17.2. The number of aliphatic hydroxyl groups is 2. The van der Waals surface area contributed by atoms with E-state index in [2.05, 4.69) is 80.7 Å². The number of phosphoric ester groups is 1. The molecule has 0 aromatic heterocycles. The highest BCUT2D eigenvalue weighted by Crippen LogP contribution is 2.43. The van der Waals surface area contributed by atoms with Crippen LogP contribution in [0.25, 0.3) is 0 Å². The van der Waals surface area contributed by atoms with Gasteiger partial charge in [0.25, 0.3) is 0 Å². The van der Waals surface area contributed by atoms with Crippen LogP contribution in [0.3, 0.4) is 0 Å². The van der Waals surface area contributed by atoms with Crippen molar-refractivity contribution in [1.29, 1.82) is 0 Å². The van der Waals surface area contributed by atoms with Crippen LogP contribution in [0.2, 0.25) is 0 Å². The van der Waals surface area contributed by atoms with Crippen LogP contribution in [0.1, 0.15) is 194 Å². The van der Waals surface area contributed by atoms with Gasteiger partial charge in [-0.1, -0.05) is 177 Å². The number of esters is 2. The lowest BCUT2D eigenvalue weighted by atomic mass is 10.0. The van der Waals surface area contributed by atoms with E-state index in [-0.39, 0.29) is 19.4 Å². The van der Waals surface area contributed by atoms with E-state index in [1.165, 1.54) is 96.3 Å². The maximum absolute atomic E-state index is 12.7. The van der Waals surface area contributed by atoms with Gasteiger partial charge in [0, 0.05) is 12.8 Å². The van der Waals surface area contributed by atoms with Crippen LogP contribution in [0.4, 0.5) is 0 Å². The Kier molecular flexibility index (Phi) is 43.5. The van der Waals surface area contributed by atoms with Gasteiger partial charge in [-0.15, -0.1) is 0 Å². The number of aliphatic hydroxyl groups excluding tert-OH is 2. The summed E-state index contributed by atoms with van der Waals surface area (Å²) in [7, 11) is -4.64. The molecule has 1 unspecified atom stereocenters. The number of unbranched alkanes of at least 4 members (excludes halogenated alkanes) is 18. The van der Waals surface area contributed by atoms with Crippen molar-refractivity contribution in [2.75, 3.05) is 26.4 Å². The summed E-state index contributed by atoms with van der Waals surface area (Å²) < 4.78 is 32.7. The van der Waals surface area contributed by atoms with Gasteiger partial charge in [0.15, 0.2) is 6.10 Å². The monoisotopic (exact) mass is 879 g/mol. The number of carbonyl (C=O) groups excluding carboxylic acids is 2. The molecule has 0 amide bonds. The van der Waals surface area contributed by atoms with Gasteiger partial charge in [-0.25, -0.2) is 4.57 Å². The van der Waals surface area contributed by atoms with E-state index >= 15 is 0 Å². The lowest BCUT2D eigenvalue weighted by molar-refractivity contribution is -0.161. The molecule has 0 saturated heterocycles. The predicted molar refractivity (Wildman–Crippen MR) is 251 cm³/mol. The summed E-state index contributed by atoms with van der Waals surface area (Å²) in [6.45, 7) is 2.21. The summed E-state index contributed by atoms with van der Waals surface area (Å²) in [5.41, 5.74) is 0. The van der Waals surface area contributed by atoms with Crippen LogP contribution in [0.5, 0.6) is 0 Å². The van der Waals surface area contributed by atoms with E-state index < -0.39 is 51.8 Å². The first kappa shape index (κ1) is 58.4. The third kappa shape index (κ3) is 45.3. The normalized spacial score (nSPS) is 14.4. The van der Waals surface area contributed by atoms with Gasteiger partial charge in [-0.05, 0) is 77.0 Å². The molecule has 0 fully saturated rings. The zero-order chi connectivity index (χ0) is 44.8. The Bertz CT molecular complexity index is 1240. The highest BCUT2D eigenvalue weighted by atomic mass is 31.2. The molecule has 0 bridgehead atoms. The van der Waals surface area contributed by atoms with E-state index in [1.807, 2.05) is 6.08 Å². The second kappa shape index (κ2) is 45.4. The van der Waals surface area contributed by atoms with E-state index in [4.69, 9.17) is 23.6 Å². The maximum atomic E-state index is 12.7. The SMILES string of the molecule is CC/C=C/C/C=C/C/C=C/C/C=C/C/C=C/CCCC(=O)OC[C@H](COP(=O)(O)OC[C@@H](O)CO)OC(=O)CCCCCCCCCCCCC/C=C/CCCCCCCC. The van der Waals surface area contributed by atoms with E-state index in [0.717, 1.165) is 51.4 Å². The first-order valence-corrected chi connectivity index (χ1v) is 25.4. The molecule has 0 aliphatic heterocycles. The molecule has 11 heteroatoms. The van der Waals surface area contributed by atoms with Gasteiger partial charge in [-0.3, -0.25) is 18.6 Å². The molecule has 0 aliphatic carbocycles. The smallest absolute Gasteiger partial charge is 0.462 e. The number of carbonyl (C=O) groups is 2. The minimum atomic E-state index is -4.64. The van der Waals surface area contributed by atoms with Crippen molar-refractivity contribution in [3.63, 3.8) is 0 Å².